The Bertz CT molecular complexity index is 1140. The van der Waals surface area contributed by atoms with E-state index in [1.165, 1.54) is 0 Å². The predicted octanol–water partition coefficient (Wildman–Crippen LogP) is 5.57. The molecule has 0 saturated heterocycles. The molecule has 0 atom stereocenters. The molecule has 0 spiro atoms. The number of aryl methyl sites for hydroxylation is 1. The van der Waals surface area contributed by atoms with Crippen molar-refractivity contribution in [1.29, 1.82) is 0 Å². The molecule has 0 N–H and O–H groups in total. The number of rotatable bonds is 5. The number of Topliss-reactive ketones (excluding diaryl/α,β-unsaturated/α-hetero) is 1. The van der Waals surface area contributed by atoms with E-state index in [2.05, 4.69) is 4.98 Å². The summed E-state index contributed by atoms with van der Waals surface area (Å²) in [6, 6.07) is 22.5. The van der Waals surface area contributed by atoms with Crippen LogP contribution in [0, 0.1) is 6.92 Å². The summed E-state index contributed by atoms with van der Waals surface area (Å²) in [6.07, 6.45) is 1.79. The zero-order valence-corrected chi connectivity index (χ0v) is 15.7. The number of para-hydroxylation sites is 2. The largest absolute Gasteiger partial charge is 0.497 e. The summed E-state index contributed by atoms with van der Waals surface area (Å²) in [5.74, 6) is 0.873. The number of allylic oxidation sites excluding steroid dienone is 1. The van der Waals surface area contributed by atoms with Crippen LogP contribution in [0.15, 0.2) is 77.2 Å². The first-order chi connectivity index (χ1) is 13.6. The zero-order valence-electron chi connectivity index (χ0n) is 15.7. The third-order valence-electron chi connectivity index (χ3n) is 4.49. The maximum atomic E-state index is 13.3. The second kappa shape index (κ2) is 7.53. The fourth-order valence-corrected chi connectivity index (χ4v) is 2.97. The lowest BCUT2D eigenvalue weighted by Gasteiger charge is -2.06. The molecule has 4 aromatic rings. The number of ketones is 1. The van der Waals surface area contributed by atoms with Crippen LogP contribution in [0.5, 0.6) is 5.75 Å². The molecule has 4 heteroatoms. The Hall–Kier alpha value is -3.66. The fourth-order valence-electron chi connectivity index (χ4n) is 2.97. The van der Waals surface area contributed by atoms with E-state index in [9.17, 15) is 4.79 Å². The normalized spacial score (nSPS) is 11.6. The number of hydrogen-bond acceptors (Lipinski definition) is 4. The van der Waals surface area contributed by atoms with Crippen molar-refractivity contribution in [2.24, 2.45) is 0 Å². The number of carbonyl (C=O) groups is 1. The highest BCUT2D eigenvalue weighted by atomic mass is 16.5. The van der Waals surface area contributed by atoms with E-state index in [-0.39, 0.29) is 5.78 Å². The second-order valence-electron chi connectivity index (χ2n) is 6.52. The van der Waals surface area contributed by atoms with Crippen LogP contribution < -0.4 is 4.74 Å². The van der Waals surface area contributed by atoms with Crippen LogP contribution in [0.25, 0.3) is 22.7 Å². The molecule has 138 valence electrons. The van der Waals surface area contributed by atoms with Gasteiger partial charge in [-0.25, -0.2) is 4.98 Å². The average Bonchev–Trinajstić information content (AvgIpc) is 3.16. The molecule has 3 aromatic carbocycles. The number of aromatic nitrogens is 1. The molecular weight excluding hydrogens is 350 g/mol. The summed E-state index contributed by atoms with van der Waals surface area (Å²) in [7, 11) is 1.61. The van der Waals surface area contributed by atoms with Gasteiger partial charge in [0.15, 0.2) is 11.4 Å². The van der Waals surface area contributed by atoms with Crippen LogP contribution in [-0.4, -0.2) is 17.9 Å². The molecule has 4 nitrogen and oxygen atoms in total. The van der Waals surface area contributed by atoms with Gasteiger partial charge < -0.3 is 9.15 Å². The third kappa shape index (κ3) is 3.58. The first kappa shape index (κ1) is 17.7. The molecule has 0 saturated carbocycles. The monoisotopic (exact) mass is 369 g/mol. The number of ether oxygens (including phenoxy) is 1. The minimum absolute atomic E-state index is 0.144. The van der Waals surface area contributed by atoms with Crippen LogP contribution in [-0.2, 0) is 0 Å². The van der Waals surface area contributed by atoms with Crippen LogP contribution in [0.3, 0.4) is 0 Å². The first-order valence-corrected chi connectivity index (χ1v) is 8.97. The molecule has 28 heavy (non-hydrogen) atoms. The number of fused-ring (bicyclic) bond motifs is 1. The van der Waals surface area contributed by atoms with Gasteiger partial charge in [-0.3, -0.25) is 4.79 Å². The number of hydrogen-bond donors (Lipinski definition) is 0. The third-order valence-corrected chi connectivity index (χ3v) is 4.49. The molecule has 0 unspecified atom stereocenters. The van der Waals surface area contributed by atoms with Crippen molar-refractivity contribution in [2.75, 3.05) is 7.11 Å². The Morgan fingerprint density at radius 3 is 2.54 bits per heavy atom. The van der Waals surface area contributed by atoms with Crippen molar-refractivity contribution >= 4 is 28.5 Å². The molecular formula is C24H19NO3. The second-order valence-corrected chi connectivity index (χ2v) is 6.52. The summed E-state index contributed by atoms with van der Waals surface area (Å²) in [5.41, 5.74) is 4.26. The lowest BCUT2D eigenvalue weighted by atomic mass is 10.00. The predicted molar refractivity (Wildman–Crippen MR) is 110 cm³/mol. The molecule has 4 rings (SSSR count). The Kier molecular flexibility index (Phi) is 4.77. The average molecular weight is 369 g/mol. The van der Waals surface area contributed by atoms with Crippen molar-refractivity contribution in [3.8, 4) is 5.75 Å². The number of oxazole rings is 1. The van der Waals surface area contributed by atoms with Crippen molar-refractivity contribution in [2.45, 2.75) is 6.92 Å². The molecule has 0 aliphatic rings. The smallest absolute Gasteiger partial charge is 0.231 e. The van der Waals surface area contributed by atoms with E-state index < -0.39 is 0 Å². The summed E-state index contributed by atoms with van der Waals surface area (Å²) < 4.78 is 11.2. The lowest BCUT2D eigenvalue weighted by Crippen LogP contribution is -2.03. The van der Waals surface area contributed by atoms with Crippen molar-refractivity contribution in [3.05, 3.63) is 95.4 Å². The number of nitrogens with zero attached hydrogens (tertiary/aromatic N) is 1. The summed E-state index contributed by atoms with van der Waals surface area (Å²) >= 11 is 0. The summed E-state index contributed by atoms with van der Waals surface area (Å²) in [6.45, 7) is 1.99. The maximum absolute atomic E-state index is 13.3. The Morgan fingerprint density at radius 2 is 1.79 bits per heavy atom. The van der Waals surface area contributed by atoms with Crippen LogP contribution in [0.4, 0.5) is 0 Å². The molecule has 0 bridgehead atoms. The van der Waals surface area contributed by atoms with Crippen LogP contribution >= 0.6 is 0 Å². The topological polar surface area (TPSA) is 52.3 Å². The van der Waals surface area contributed by atoms with Gasteiger partial charge in [0, 0.05) is 5.56 Å². The lowest BCUT2D eigenvalue weighted by molar-refractivity contribution is 0.105. The van der Waals surface area contributed by atoms with Gasteiger partial charge in [-0.05, 0) is 42.8 Å². The summed E-state index contributed by atoms with van der Waals surface area (Å²) in [5, 5.41) is 0. The maximum Gasteiger partial charge on any atom is 0.231 e. The highest BCUT2D eigenvalue weighted by Gasteiger charge is 2.20. The zero-order chi connectivity index (χ0) is 19.5. The van der Waals surface area contributed by atoms with Gasteiger partial charge in [0.2, 0.25) is 5.89 Å². The van der Waals surface area contributed by atoms with E-state index in [4.69, 9.17) is 9.15 Å². The minimum Gasteiger partial charge on any atom is -0.497 e. The number of methoxy groups -OCH3 is 1. The SMILES string of the molecule is COc1cccc(/C=C(/C(=O)c2ccc(C)cc2)c2nc3ccccc3o2)c1. The quantitative estimate of drug-likeness (QED) is 0.341. The molecule has 0 amide bonds. The van der Waals surface area contributed by atoms with Gasteiger partial charge in [0.25, 0.3) is 0 Å². The highest BCUT2D eigenvalue weighted by Crippen LogP contribution is 2.27. The molecule has 0 radical (unpaired) electrons. The Balaban J connectivity index is 1.85. The highest BCUT2D eigenvalue weighted by molar-refractivity contribution is 6.31. The number of benzene rings is 3. The van der Waals surface area contributed by atoms with Gasteiger partial charge in [-0.15, -0.1) is 0 Å². The van der Waals surface area contributed by atoms with Gasteiger partial charge in [-0.2, -0.15) is 0 Å². The van der Waals surface area contributed by atoms with E-state index >= 15 is 0 Å². The van der Waals surface area contributed by atoms with E-state index in [1.54, 1.807) is 13.2 Å². The van der Waals surface area contributed by atoms with Crippen LogP contribution in [0.2, 0.25) is 0 Å². The van der Waals surface area contributed by atoms with Crippen LogP contribution in [0.1, 0.15) is 27.4 Å². The minimum atomic E-state index is -0.144. The first-order valence-electron chi connectivity index (χ1n) is 8.97. The van der Waals surface area contributed by atoms with Gasteiger partial charge in [0.1, 0.15) is 11.3 Å². The molecule has 0 aliphatic carbocycles. The molecule has 0 aliphatic heterocycles. The summed E-state index contributed by atoms with van der Waals surface area (Å²) in [4.78, 5) is 17.8. The van der Waals surface area contributed by atoms with E-state index in [0.717, 1.165) is 11.1 Å². The fraction of sp³-hybridized carbons (Fsp3) is 0.0833. The Morgan fingerprint density at radius 1 is 1.00 bits per heavy atom. The van der Waals surface area contributed by atoms with Crippen molar-refractivity contribution < 1.29 is 13.9 Å². The molecule has 1 aromatic heterocycles. The van der Waals surface area contributed by atoms with Gasteiger partial charge in [0.05, 0.1) is 12.7 Å². The van der Waals surface area contributed by atoms with Gasteiger partial charge >= 0.3 is 0 Å². The molecule has 0 fully saturated rings. The van der Waals surface area contributed by atoms with Crippen molar-refractivity contribution in [3.63, 3.8) is 0 Å². The van der Waals surface area contributed by atoms with Gasteiger partial charge in [-0.1, -0.05) is 54.1 Å². The standard InChI is InChI=1S/C24H19NO3/c1-16-10-12-18(13-11-16)23(26)20(15-17-6-5-7-19(14-17)27-2)24-25-21-8-3-4-9-22(21)28-24/h3-15H,1-2H3/b20-15-. The van der Waals surface area contributed by atoms with Crippen molar-refractivity contribution in [1.82, 2.24) is 4.98 Å². The Labute approximate surface area is 163 Å². The molecule has 1 heterocycles. The number of carbonyl (C=O) groups excluding carboxylic acids is 1. The van der Waals surface area contributed by atoms with E-state index in [0.29, 0.717) is 33.9 Å². The van der Waals surface area contributed by atoms with E-state index in [1.807, 2.05) is 79.7 Å².